The van der Waals surface area contributed by atoms with Crippen molar-refractivity contribution in [3.8, 4) is 0 Å². The Morgan fingerprint density at radius 3 is 2.45 bits per heavy atom. The van der Waals surface area contributed by atoms with Gasteiger partial charge in [-0.15, -0.1) is 0 Å². The van der Waals surface area contributed by atoms with Crippen LogP contribution >= 0.6 is 0 Å². The zero-order chi connectivity index (χ0) is 16.5. The van der Waals surface area contributed by atoms with Crippen molar-refractivity contribution in [3.63, 3.8) is 0 Å². The first-order valence-corrected chi connectivity index (χ1v) is 6.79. The molecule has 0 unspecified atom stereocenters. The van der Waals surface area contributed by atoms with Crippen molar-refractivity contribution in [2.75, 3.05) is 0 Å². The van der Waals surface area contributed by atoms with Crippen LogP contribution < -0.4 is 5.73 Å². The smallest absolute Gasteiger partial charge is 0.278 e. The lowest BCUT2D eigenvalue weighted by atomic mass is 9.96. The van der Waals surface area contributed by atoms with E-state index in [4.69, 9.17) is 5.73 Å². The van der Waals surface area contributed by atoms with Crippen LogP contribution in [-0.4, -0.2) is 16.1 Å². The number of alkyl halides is 2. The number of aromatic nitrogens is 2. The molecular formula is C16H17F2N3O. The second kappa shape index (κ2) is 5.79. The highest BCUT2D eigenvalue weighted by molar-refractivity contribution is 5.95. The summed E-state index contributed by atoms with van der Waals surface area (Å²) in [6, 6.07) is 4.48. The van der Waals surface area contributed by atoms with Crippen molar-refractivity contribution in [1.82, 2.24) is 10.2 Å². The topological polar surface area (TPSA) is 68.9 Å². The summed E-state index contributed by atoms with van der Waals surface area (Å²) >= 11 is 0. The molecule has 2 rings (SSSR count). The van der Waals surface area contributed by atoms with Gasteiger partial charge in [-0.3, -0.25) is 4.79 Å². The number of hydrogen-bond donors (Lipinski definition) is 1. The van der Waals surface area contributed by atoms with E-state index >= 15 is 0 Å². The molecule has 0 radical (unpaired) electrons. The van der Waals surface area contributed by atoms with Gasteiger partial charge in [0.2, 0.25) is 0 Å². The maximum absolute atomic E-state index is 14.5. The molecule has 0 saturated carbocycles. The van der Waals surface area contributed by atoms with Crippen molar-refractivity contribution >= 4 is 5.91 Å². The minimum absolute atomic E-state index is 0.0125. The fourth-order valence-electron chi connectivity index (χ4n) is 2.27. The highest BCUT2D eigenvalue weighted by Crippen LogP contribution is 2.33. The highest BCUT2D eigenvalue weighted by atomic mass is 19.3. The second-order valence-corrected chi connectivity index (χ2v) is 5.39. The predicted octanol–water partition coefficient (Wildman–Crippen LogP) is 2.84. The fraction of sp³-hybridized carbons (Fsp3) is 0.312. The van der Waals surface area contributed by atoms with Crippen molar-refractivity contribution in [2.45, 2.75) is 33.1 Å². The van der Waals surface area contributed by atoms with Crippen molar-refractivity contribution in [2.24, 2.45) is 5.73 Å². The van der Waals surface area contributed by atoms with E-state index in [-0.39, 0.29) is 16.8 Å². The molecule has 1 aromatic carbocycles. The Morgan fingerprint density at radius 2 is 1.86 bits per heavy atom. The first-order chi connectivity index (χ1) is 10.2. The van der Waals surface area contributed by atoms with Crippen LogP contribution in [0.5, 0.6) is 0 Å². The van der Waals surface area contributed by atoms with Crippen LogP contribution in [0.3, 0.4) is 0 Å². The van der Waals surface area contributed by atoms with Crippen LogP contribution in [0.25, 0.3) is 0 Å². The summed E-state index contributed by atoms with van der Waals surface area (Å²) in [5.41, 5.74) is 7.23. The van der Waals surface area contributed by atoms with Crippen LogP contribution in [0.2, 0.25) is 0 Å². The lowest BCUT2D eigenvalue weighted by Gasteiger charge is -2.18. The van der Waals surface area contributed by atoms with Gasteiger partial charge >= 0.3 is 0 Å². The summed E-state index contributed by atoms with van der Waals surface area (Å²) in [6.45, 7) is 5.22. The van der Waals surface area contributed by atoms with Crippen LogP contribution in [0.15, 0.2) is 24.4 Å². The molecule has 0 fully saturated rings. The molecule has 0 atom stereocenters. The number of nitrogens with two attached hydrogens (primary N) is 1. The van der Waals surface area contributed by atoms with Gasteiger partial charge in [-0.05, 0) is 43.5 Å². The Bertz CT molecular complexity index is 729. The molecule has 0 aliphatic carbocycles. The number of rotatable bonds is 4. The van der Waals surface area contributed by atoms with E-state index in [1.165, 1.54) is 18.3 Å². The van der Waals surface area contributed by atoms with Crippen LogP contribution in [0, 0.1) is 20.8 Å². The molecule has 116 valence electrons. The Morgan fingerprint density at radius 1 is 1.18 bits per heavy atom. The van der Waals surface area contributed by atoms with Crippen molar-refractivity contribution in [3.05, 3.63) is 57.9 Å². The Hall–Kier alpha value is -2.37. The number of nitrogens with zero attached hydrogens (tertiary/aromatic N) is 2. The number of amides is 1. The summed E-state index contributed by atoms with van der Waals surface area (Å²) in [7, 11) is 0. The van der Waals surface area contributed by atoms with E-state index < -0.39 is 18.3 Å². The average molecular weight is 305 g/mol. The SMILES string of the molecule is Cc1ccc(C(F)(F)Cc2nncc(C)c2C(N)=O)cc1C. The van der Waals surface area contributed by atoms with Gasteiger partial charge in [-0.1, -0.05) is 12.1 Å². The van der Waals surface area contributed by atoms with Gasteiger partial charge in [0, 0.05) is 5.56 Å². The quantitative estimate of drug-likeness (QED) is 0.944. The lowest BCUT2D eigenvalue weighted by molar-refractivity contribution is -0.00516. The molecule has 2 N–H and O–H groups in total. The summed E-state index contributed by atoms with van der Waals surface area (Å²) in [4.78, 5) is 11.5. The third-order valence-corrected chi connectivity index (χ3v) is 3.68. The molecule has 0 bridgehead atoms. The summed E-state index contributed by atoms with van der Waals surface area (Å²) < 4.78 is 29.0. The molecule has 0 aliphatic heterocycles. The highest BCUT2D eigenvalue weighted by Gasteiger charge is 2.34. The zero-order valence-corrected chi connectivity index (χ0v) is 12.7. The lowest BCUT2D eigenvalue weighted by Crippen LogP contribution is -2.23. The maximum Gasteiger partial charge on any atom is 0.278 e. The minimum Gasteiger partial charge on any atom is -0.366 e. The molecule has 1 heterocycles. The average Bonchev–Trinajstić information content (AvgIpc) is 2.40. The summed E-state index contributed by atoms with van der Waals surface area (Å²) in [5.74, 6) is -3.94. The van der Waals surface area contributed by atoms with Gasteiger partial charge in [0.15, 0.2) is 0 Å². The molecular weight excluding hydrogens is 288 g/mol. The van der Waals surface area contributed by atoms with E-state index in [0.717, 1.165) is 11.1 Å². The Labute approximate surface area is 127 Å². The Kier molecular flexibility index (Phi) is 4.21. The predicted molar refractivity (Wildman–Crippen MR) is 78.8 cm³/mol. The van der Waals surface area contributed by atoms with E-state index in [2.05, 4.69) is 10.2 Å². The number of carbonyl (C=O) groups is 1. The second-order valence-electron chi connectivity index (χ2n) is 5.39. The molecule has 4 nitrogen and oxygen atoms in total. The van der Waals surface area contributed by atoms with E-state index in [1.54, 1.807) is 19.9 Å². The number of hydrogen-bond acceptors (Lipinski definition) is 3. The number of halogens is 2. The molecule has 0 aliphatic rings. The van der Waals surface area contributed by atoms with Crippen LogP contribution in [0.4, 0.5) is 8.78 Å². The van der Waals surface area contributed by atoms with Crippen LogP contribution in [0.1, 0.15) is 38.3 Å². The largest absolute Gasteiger partial charge is 0.366 e. The fourth-order valence-corrected chi connectivity index (χ4v) is 2.27. The van der Waals surface area contributed by atoms with Gasteiger partial charge in [0.05, 0.1) is 23.9 Å². The maximum atomic E-state index is 14.5. The third-order valence-electron chi connectivity index (χ3n) is 3.68. The van der Waals surface area contributed by atoms with Crippen molar-refractivity contribution in [1.29, 1.82) is 0 Å². The zero-order valence-electron chi connectivity index (χ0n) is 12.7. The molecule has 0 spiro atoms. The van der Waals surface area contributed by atoms with E-state index in [0.29, 0.717) is 5.56 Å². The Balaban J connectivity index is 2.42. The third kappa shape index (κ3) is 3.10. The first kappa shape index (κ1) is 16.0. The standard InChI is InChI=1S/C16H17F2N3O/c1-9-4-5-12(6-10(9)2)16(17,18)7-13-14(15(19)22)11(3)8-20-21-13/h4-6,8H,7H2,1-3H3,(H2,19,22). The normalized spacial score (nSPS) is 11.5. The van der Waals surface area contributed by atoms with E-state index in [9.17, 15) is 13.6 Å². The monoisotopic (exact) mass is 305 g/mol. The molecule has 1 amide bonds. The molecule has 0 saturated heterocycles. The first-order valence-electron chi connectivity index (χ1n) is 6.79. The van der Waals surface area contributed by atoms with Gasteiger partial charge in [-0.25, -0.2) is 8.78 Å². The number of carbonyl (C=O) groups excluding carboxylic acids is 1. The molecule has 6 heteroatoms. The minimum atomic E-state index is -3.16. The molecule has 2 aromatic rings. The summed E-state index contributed by atoms with van der Waals surface area (Å²) in [5, 5.41) is 7.33. The van der Waals surface area contributed by atoms with Crippen LogP contribution in [-0.2, 0) is 12.3 Å². The molecule has 22 heavy (non-hydrogen) atoms. The number of aryl methyl sites for hydroxylation is 3. The summed E-state index contributed by atoms with van der Waals surface area (Å²) in [6.07, 6.45) is 0.611. The van der Waals surface area contributed by atoms with Gasteiger partial charge in [-0.2, -0.15) is 10.2 Å². The number of primary amides is 1. The van der Waals surface area contributed by atoms with Gasteiger partial charge in [0.25, 0.3) is 11.8 Å². The van der Waals surface area contributed by atoms with Gasteiger partial charge in [0.1, 0.15) is 0 Å². The number of benzene rings is 1. The van der Waals surface area contributed by atoms with Gasteiger partial charge < -0.3 is 5.73 Å². The molecule has 1 aromatic heterocycles. The van der Waals surface area contributed by atoms with Crippen molar-refractivity contribution < 1.29 is 13.6 Å². The van der Waals surface area contributed by atoms with E-state index in [1.807, 2.05) is 6.92 Å².